The lowest BCUT2D eigenvalue weighted by molar-refractivity contribution is -0.143. The molecular formula is C18H10F6N8O. The van der Waals surface area contributed by atoms with Crippen molar-refractivity contribution < 1.29 is 30.8 Å². The van der Waals surface area contributed by atoms with E-state index in [4.69, 9.17) is 10.2 Å². The molecule has 3 aromatic heterocycles. The number of hydrogen-bond acceptors (Lipinski definition) is 8. The van der Waals surface area contributed by atoms with Gasteiger partial charge in [0, 0.05) is 29.7 Å². The van der Waals surface area contributed by atoms with Gasteiger partial charge in [0.25, 0.3) is 5.89 Å². The van der Waals surface area contributed by atoms with Crippen LogP contribution in [0.2, 0.25) is 0 Å². The Kier molecular flexibility index (Phi) is 5.31. The van der Waals surface area contributed by atoms with E-state index in [1.807, 2.05) is 0 Å². The van der Waals surface area contributed by atoms with Crippen molar-refractivity contribution in [2.75, 3.05) is 5.73 Å². The number of nitrogen functional groups attached to an aromatic ring is 1. The van der Waals surface area contributed by atoms with Crippen LogP contribution in [-0.2, 0) is 12.4 Å². The van der Waals surface area contributed by atoms with E-state index in [-0.39, 0.29) is 29.4 Å². The minimum atomic E-state index is -5.00. The first-order chi connectivity index (χ1) is 15.5. The van der Waals surface area contributed by atoms with Crippen molar-refractivity contribution in [3.63, 3.8) is 0 Å². The normalized spacial score (nSPS) is 12.8. The molecule has 15 heteroatoms. The van der Waals surface area contributed by atoms with Crippen LogP contribution in [0.3, 0.4) is 0 Å². The van der Waals surface area contributed by atoms with Crippen LogP contribution in [0.25, 0.3) is 23.2 Å². The minimum Gasteiger partial charge on any atom is -0.403 e. The molecular weight excluding hydrogens is 458 g/mol. The summed E-state index contributed by atoms with van der Waals surface area (Å²) in [5, 5.41) is 11.3. The van der Waals surface area contributed by atoms with Crippen molar-refractivity contribution in [2.24, 2.45) is 0 Å². The van der Waals surface area contributed by atoms with Crippen LogP contribution >= 0.6 is 0 Å². The summed E-state index contributed by atoms with van der Waals surface area (Å²) in [5.74, 6) is -0.436. The molecule has 0 aliphatic heterocycles. The minimum absolute atomic E-state index is 0.0217. The maximum atomic E-state index is 13.1. The summed E-state index contributed by atoms with van der Waals surface area (Å²) in [7, 11) is 0. The van der Waals surface area contributed by atoms with Crippen LogP contribution in [-0.4, -0.2) is 34.9 Å². The third-order valence-electron chi connectivity index (χ3n) is 4.16. The number of aromatic nitrogens is 7. The molecule has 0 spiro atoms. The van der Waals surface area contributed by atoms with Crippen molar-refractivity contribution in [2.45, 2.75) is 12.4 Å². The fourth-order valence-corrected chi connectivity index (χ4v) is 2.72. The molecule has 0 atom stereocenters. The van der Waals surface area contributed by atoms with Gasteiger partial charge in [-0.3, -0.25) is 0 Å². The lowest BCUT2D eigenvalue weighted by atomic mass is 10.0. The molecule has 0 radical (unpaired) electrons. The number of alkyl halides is 6. The Morgan fingerprint density at radius 1 is 0.939 bits per heavy atom. The highest BCUT2D eigenvalue weighted by molar-refractivity contribution is 5.83. The van der Waals surface area contributed by atoms with Crippen LogP contribution in [0.4, 0.5) is 32.4 Å². The van der Waals surface area contributed by atoms with Gasteiger partial charge in [-0.2, -0.15) is 26.3 Å². The smallest absolute Gasteiger partial charge is 0.403 e. The summed E-state index contributed by atoms with van der Waals surface area (Å²) in [6.07, 6.45) is -3.57. The summed E-state index contributed by atoms with van der Waals surface area (Å²) < 4.78 is 85.1. The molecule has 2 N–H and O–H groups in total. The average Bonchev–Trinajstić information content (AvgIpc) is 3.40. The van der Waals surface area contributed by atoms with E-state index in [1.165, 1.54) is 24.9 Å². The molecule has 0 unspecified atom stereocenters. The van der Waals surface area contributed by atoms with Gasteiger partial charge in [-0.15, -0.1) is 10.2 Å². The van der Waals surface area contributed by atoms with Crippen LogP contribution in [0.5, 0.6) is 0 Å². The van der Waals surface area contributed by atoms with Crippen LogP contribution in [0.1, 0.15) is 22.6 Å². The third kappa shape index (κ3) is 4.81. The van der Waals surface area contributed by atoms with E-state index in [0.717, 1.165) is 11.0 Å². The van der Waals surface area contributed by atoms with Gasteiger partial charge in [0.05, 0.1) is 16.7 Å². The topological polar surface area (TPSA) is 121 Å². The molecule has 0 saturated heterocycles. The summed E-state index contributed by atoms with van der Waals surface area (Å²) in [6.45, 7) is 0. The average molecular weight is 468 g/mol. The SMILES string of the molecule is Nc1nnc(C(=Cn2cnc(-c3cc(C(F)(F)F)cc(C(F)(F)F)c3)n2)c2cncnc2)o1. The van der Waals surface area contributed by atoms with E-state index < -0.39 is 29.0 Å². The molecule has 1 aromatic carbocycles. The lowest BCUT2D eigenvalue weighted by Crippen LogP contribution is -2.11. The van der Waals surface area contributed by atoms with Crippen molar-refractivity contribution in [3.8, 4) is 11.4 Å². The molecule has 0 aliphatic rings. The highest BCUT2D eigenvalue weighted by atomic mass is 19.4. The Bertz CT molecular complexity index is 1280. The summed E-state index contributed by atoms with van der Waals surface area (Å²) >= 11 is 0. The number of nitrogens with two attached hydrogens (primary N) is 1. The number of halogens is 6. The predicted molar refractivity (Wildman–Crippen MR) is 99.5 cm³/mol. The second-order valence-electron chi connectivity index (χ2n) is 6.46. The fourth-order valence-electron chi connectivity index (χ4n) is 2.72. The monoisotopic (exact) mass is 468 g/mol. The highest BCUT2D eigenvalue weighted by Crippen LogP contribution is 2.38. The first-order valence-corrected chi connectivity index (χ1v) is 8.78. The zero-order valence-electron chi connectivity index (χ0n) is 16.0. The molecule has 33 heavy (non-hydrogen) atoms. The first kappa shape index (κ1) is 21.9. The van der Waals surface area contributed by atoms with Gasteiger partial charge < -0.3 is 10.2 Å². The molecule has 170 valence electrons. The molecule has 0 fully saturated rings. The van der Waals surface area contributed by atoms with Gasteiger partial charge in [-0.25, -0.2) is 19.6 Å². The van der Waals surface area contributed by atoms with E-state index in [1.54, 1.807) is 0 Å². The van der Waals surface area contributed by atoms with Crippen LogP contribution < -0.4 is 5.73 Å². The molecule has 4 aromatic rings. The largest absolute Gasteiger partial charge is 0.416 e. The molecule has 3 heterocycles. The van der Waals surface area contributed by atoms with Crippen LogP contribution in [0, 0.1) is 0 Å². The Balaban J connectivity index is 1.79. The van der Waals surface area contributed by atoms with E-state index >= 15 is 0 Å². The lowest BCUT2D eigenvalue weighted by Gasteiger charge is -2.13. The maximum Gasteiger partial charge on any atom is 0.416 e. The van der Waals surface area contributed by atoms with Gasteiger partial charge >= 0.3 is 18.4 Å². The van der Waals surface area contributed by atoms with Crippen molar-refractivity contribution in [1.82, 2.24) is 34.9 Å². The molecule has 0 saturated carbocycles. The number of anilines is 1. The Morgan fingerprint density at radius 3 is 2.12 bits per heavy atom. The molecule has 0 amide bonds. The van der Waals surface area contributed by atoms with Gasteiger partial charge in [0.1, 0.15) is 12.7 Å². The number of hydrogen-bond donors (Lipinski definition) is 1. The Labute approximate surface area is 179 Å². The van der Waals surface area contributed by atoms with E-state index in [2.05, 4.69) is 30.2 Å². The maximum absolute atomic E-state index is 13.1. The Hall–Kier alpha value is -4.30. The van der Waals surface area contributed by atoms with Gasteiger partial charge in [-0.05, 0) is 18.2 Å². The summed E-state index contributed by atoms with van der Waals surface area (Å²) in [6, 6.07) is 0.844. The van der Waals surface area contributed by atoms with Crippen molar-refractivity contribution in [3.05, 3.63) is 65.8 Å². The second kappa shape index (κ2) is 7.99. The van der Waals surface area contributed by atoms with E-state index in [0.29, 0.717) is 17.7 Å². The quantitative estimate of drug-likeness (QED) is 0.449. The molecule has 4 rings (SSSR count). The zero-order chi connectivity index (χ0) is 23.8. The number of rotatable bonds is 4. The van der Waals surface area contributed by atoms with E-state index in [9.17, 15) is 26.3 Å². The second-order valence-corrected chi connectivity index (χ2v) is 6.46. The van der Waals surface area contributed by atoms with Gasteiger partial charge in [0.15, 0.2) is 5.82 Å². The molecule has 0 bridgehead atoms. The highest BCUT2D eigenvalue weighted by Gasteiger charge is 2.37. The van der Waals surface area contributed by atoms with Gasteiger partial charge in [-0.1, -0.05) is 5.10 Å². The number of benzene rings is 1. The first-order valence-electron chi connectivity index (χ1n) is 8.78. The summed E-state index contributed by atoms with van der Waals surface area (Å²) in [4.78, 5) is 11.6. The zero-order valence-corrected chi connectivity index (χ0v) is 16.0. The van der Waals surface area contributed by atoms with Crippen LogP contribution in [0.15, 0.2) is 47.7 Å². The van der Waals surface area contributed by atoms with Crippen molar-refractivity contribution >= 4 is 17.8 Å². The summed E-state index contributed by atoms with van der Waals surface area (Å²) in [5.41, 5.74) is 2.61. The fraction of sp³-hybridized carbons (Fsp3) is 0.111. The Morgan fingerprint density at radius 2 is 1.58 bits per heavy atom. The molecule has 0 aliphatic carbocycles. The third-order valence-corrected chi connectivity index (χ3v) is 4.16. The predicted octanol–water partition coefficient (Wildman–Crippen LogP) is 3.78. The standard InChI is InChI=1S/C18H10F6N8O/c19-17(20,21)11-1-9(2-12(3-11)18(22,23)24)14-28-8-32(31-14)6-13(10-4-26-7-27-5-10)15-29-30-16(25)33-15/h1-8H,(H2,25,30). The van der Waals surface area contributed by atoms with Crippen molar-refractivity contribution in [1.29, 1.82) is 0 Å². The number of nitrogens with zero attached hydrogens (tertiary/aromatic N) is 7. The molecule has 9 nitrogen and oxygen atoms in total. The van der Waals surface area contributed by atoms with Gasteiger partial charge in [0.2, 0.25) is 0 Å².